The van der Waals surface area contributed by atoms with Gasteiger partial charge in [-0.1, -0.05) is 67.0 Å². The summed E-state index contributed by atoms with van der Waals surface area (Å²) >= 11 is 0. The molecule has 0 bridgehead atoms. The van der Waals surface area contributed by atoms with Crippen LogP contribution in [0.15, 0.2) is 11.6 Å². The zero-order valence-corrected chi connectivity index (χ0v) is 35.7. The Labute approximate surface area is 342 Å². The quantitative estimate of drug-likeness (QED) is 0.133. The number of hydrogen-bond donors (Lipinski definition) is 9. The van der Waals surface area contributed by atoms with Gasteiger partial charge in [0.2, 0.25) is 0 Å². The molecule has 14 heteroatoms. The molecule has 332 valence electrons. The zero-order valence-electron chi connectivity index (χ0n) is 35.7. The van der Waals surface area contributed by atoms with E-state index in [1.807, 2.05) is 0 Å². The van der Waals surface area contributed by atoms with Gasteiger partial charge in [-0.3, -0.25) is 0 Å². The van der Waals surface area contributed by atoms with E-state index in [0.717, 1.165) is 44.9 Å². The van der Waals surface area contributed by atoms with Crippen molar-refractivity contribution < 1.29 is 69.7 Å². The second kappa shape index (κ2) is 15.2. The number of rotatable bonds is 7. The third kappa shape index (κ3) is 6.69. The summed E-state index contributed by atoms with van der Waals surface area (Å²) in [6.45, 7) is 17.7. The van der Waals surface area contributed by atoms with E-state index in [1.165, 1.54) is 5.57 Å². The summed E-state index contributed by atoms with van der Waals surface area (Å²) in [4.78, 5) is 11.8. The fourth-order valence-corrected chi connectivity index (χ4v) is 14.6. The fraction of sp³-hybridized carbons (Fsp3) is 0.932. The lowest BCUT2D eigenvalue weighted by molar-refractivity contribution is -0.355. The Hall–Kier alpha value is -1.27. The summed E-state index contributed by atoms with van der Waals surface area (Å²) in [5.41, 5.74) is -0.0218. The first kappa shape index (κ1) is 44.8. The van der Waals surface area contributed by atoms with Crippen LogP contribution in [0, 0.1) is 56.2 Å². The summed E-state index contributed by atoms with van der Waals surface area (Å²) < 4.78 is 24.1. The zero-order chi connectivity index (χ0) is 42.7. The lowest BCUT2D eigenvalue weighted by Crippen LogP contribution is -2.67. The van der Waals surface area contributed by atoms with Crippen LogP contribution in [-0.2, 0) is 23.7 Å². The maximum absolute atomic E-state index is 12.2. The van der Waals surface area contributed by atoms with Crippen LogP contribution in [0.2, 0.25) is 0 Å². The van der Waals surface area contributed by atoms with Crippen LogP contribution in [0.3, 0.4) is 0 Å². The van der Waals surface area contributed by atoms with E-state index in [0.29, 0.717) is 18.8 Å². The molecule has 0 spiro atoms. The van der Waals surface area contributed by atoms with Gasteiger partial charge in [0, 0.05) is 5.41 Å². The Morgan fingerprint density at radius 3 is 2.16 bits per heavy atom. The number of ether oxygens (including phenoxy) is 4. The standard InChI is InChI=1S/C44H72O14/c1-21-17-41(6)26(40(4,5)35(21)56-25-20-55-34(36(52)53)32(50)30(48)29(25)47)11-12-43(8)27(41)10-9-22-23-18-39(2,3)13-15-44(23,16-14-42(22,43)7)38(54)58-37-33(51)31(49)28(46)24(19-45)57-37/h9,21,23-35,37-38,45-51,54H,10-20H2,1-8H3,(H,52,53). The fourth-order valence-electron chi connectivity index (χ4n) is 14.6. The Morgan fingerprint density at radius 2 is 1.50 bits per heavy atom. The number of carboxylic acid groups (broad SMARTS) is 1. The van der Waals surface area contributed by atoms with Crippen molar-refractivity contribution in [1.29, 1.82) is 0 Å². The molecule has 0 amide bonds. The van der Waals surface area contributed by atoms with Crippen LogP contribution in [0.4, 0.5) is 0 Å². The molecule has 2 heterocycles. The summed E-state index contributed by atoms with van der Waals surface area (Å²) in [5.74, 6) is -0.819. The molecule has 20 atom stereocenters. The van der Waals surface area contributed by atoms with Crippen molar-refractivity contribution in [2.45, 2.75) is 187 Å². The number of carbonyl (C=O) groups is 1. The van der Waals surface area contributed by atoms with Gasteiger partial charge in [-0.25, -0.2) is 4.79 Å². The molecular formula is C44H72O14. The number of allylic oxidation sites excluding steroid dienone is 2. The minimum atomic E-state index is -1.80. The van der Waals surface area contributed by atoms with Crippen LogP contribution in [0.5, 0.6) is 0 Å². The van der Waals surface area contributed by atoms with Gasteiger partial charge in [0.25, 0.3) is 0 Å². The normalized spacial score (nSPS) is 53.1. The largest absolute Gasteiger partial charge is 0.479 e. The smallest absolute Gasteiger partial charge is 0.335 e. The first-order chi connectivity index (χ1) is 26.9. The summed E-state index contributed by atoms with van der Waals surface area (Å²) in [7, 11) is 0. The number of hydrogen-bond acceptors (Lipinski definition) is 13. The minimum Gasteiger partial charge on any atom is -0.479 e. The number of carboxylic acids is 1. The molecular weight excluding hydrogens is 752 g/mol. The van der Waals surface area contributed by atoms with Gasteiger partial charge in [-0.2, -0.15) is 0 Å². The molecule has 9 N–H and O–H groups in total. The van der Waals surface area contributed by atoms with Crippen molar-refractivity contribution in [1.82, 2.24) is 0 Å². The Morgan fingerprint density at radius 1 is 0.845 bits per heavy atom. The van der Waals surface area contributed by atoms with Gasteiger partial charge < -0.3 is 64.9 Å². The van der Waals surface area contributed by atoms with E-state index in [4.69, 9.17) is 18.9 Å². The lowest BCUT2D eigenvalue weighted by atomic mass is 9.33. The highest BCUT2D eigenvalue weighted by Gasteiger charge is 2.70. The van der Waals surface area contributed by atoms with E-state index in [9.17, 15) is 50.8 Å². The highest BCUT2D eigenvalue weighted by Crippen LogP contribution is 2.76. The lowest BCUT2D eigenvalue weighted by Gasteiger charge is -2.72. The minimum absolute atomic E-state index is 0.00792. The van der Waals surface area contributed by atoms with E-state index in [2.05, 4.69) is 61.5 Å². The molecule has 0 aromatic rings. The molecule has 14 nitrogen and oxygen atoms in total. The van der Waals surface area contributed by atoms with Crippen molar-refractivity contribution in [2.75, 3.05) is 13.2 Å². The van der Waals surface area contributed by atoms with Crippen LogP contribution in [0.25, 0.3) is 0 Å². The van der Waals surface area contributed by atoms with Crippen molar-refractivity contribution in [3.8, 4) is 0 Å². The molecule has 2 aliphatic heterocycles. The Kier molecular flexibility index (Phi) is 11.7. The van der Waals surface area contributed by atoms with Gasteiger partial charge in [-0.15, -0.1) is 0 Å². The summed E-state index contributed by atoms with van der Waals surface area (Å²) in [6.07, 6.45) is -6.66. The molecule has 7 rings (SSSR count). The van der Waals surface area contributed by atoms with Crippen molar-refractivity contribution in [3.63, 3.8) is 0 Å². The average molecular weight is 825 g/mol. The van der Waals surface area contributed by atoms with Gasteiger partial charge in [0.1, 0.15) is 48.8 Å². The van der Waals surface area contributed by atoms with Gasteiger partial charge >= 0.3 is 5.97 Å². The van der Waals surface area contributed by atoms with E-state index in [-0.39, 0.29) is 57.5 Å². The summed E-state index contributed by atoms with van der Waals surface area (Å²) in [6, 6.07) is 0. The highest BCUT2D eigenvalue weighted by molar-refractivity contribution is 5.73. The third-order valence-electron chi connectivity index (χ3n) is 17.9. The second-order valence-electron chi connectivity index (χ2n) is 21.8. The van der Waals surface area contributed by atoms with Gasteiger partial charge in [-0.05, 0) is 109 Å². The summed E-state index contributed by atoms with van der Waals surface area (Å²) in [5, 5.41) is 95.6. The molecule has 58 heavy (non-hydrogen) atoms. The van der Waals surface area contributed by atoms with Crippen molar-refractivity contribution in [3.05, 3.63) is 11.6 Å². The molecule has 0 aromatic heterocycles. The van der Waals surface area contributed by atoms with Crippen LogP contribution >= 0.6 is 0 Å². The van der Waals surface area contributed by atoms with Gasteiger partial charge in [0.15, 0.2) is 18.7 Å². The Balaban J connectivity index is 1.16. The predicted octanol–water partition coefficient (Wildman–Crippen LogP) is 2.49. The predicted molar refractivity (Wildman–Crippen MR) is 209 cm³/mol. The molecule has 20 unspecified atom stereocenters. The molecule has 2 saturated heterocycles. The average Bonchev–Trinajstić information content (AvgIpc) is 3.24. The molecule has 5 aliphatic carbocycles. The number of aliphatic carboxylic acids is 1. The Bertz CT molecular complexity index is 1570. The molecule has 7 aliphatic rings. The molecule has 6 fully saturated rings. The van der Waals surface area contributed by atoms with Crippen molar-refractivity contribution in [2.24, 2.45) is 56.2 Å². The van der Waals surface area contributed by atoms with E-state index in [1.54, 1.807) is 0 Å². The van der Waals surface area contributed by atoms with Crippen LogP contribution < -0.4 is 0 Å². The second-order valence-corrected chi connectivity index (χ2v) is 21.8. The number of aliphatic hydroxyl groups excluding tert-OH is 8. The third-order valence-corrected chi connectivity index (χ3v) is 17.9. The van der Waals surface area contributed by atoms with Crippen LogP contribution in [-0.4, -0.2) is 139 Å². The van der Waals surface area contributed by atoms with E-state index < -0.39 is 85.5 Å². The number of aliphatic hydroxyl groups is 8. The number of fused-ring (bicyclic) bond motifs is 7. The van der Waals surface area contributed by atoms with Crippen molar-refractivity contribution >= 4 is 5.97 Å². The molecule has 0 radical (unpaired) electrons. The SMILES string of the molecule is CC1CC2(C)C(CCC3(C)C2CC=C2C4CC(C)(C)CCC4(C(O)OC4OC(CO)C(O)C(O)C4O)CCC23C)C(C)(C)C1OC1COC(C(=O)O)C(O)C(O)C1O. The maximum atomic E-state index is 12.2. The molecule has 0 aromatic carbocycles. The topological polar surface area (TPSA) is 236 Å². The highest BCUT2D eigenvalue weighted by atomic mass is 16.7. The van der Waals surface area contributed by atoms with Crippen LogP contribution in [0.1, 0.15) is 113 Å². The molecule has 4 saturated carbocycles. The maximum Gasteiger partial charge on any atom is 0.335 e. The first-order valence-corrected chi connectivity index (χ1v) is 21.8. The first-order valence-electron chi connectivity index (χ1n) is 21.8. The van der Waals surface area contributed by atoms with Gasteiger partial charge in [0.05, 0.1) is 19.3 Å². The monoisotopic (exact) mass is 824 g/mol. The van der Waals surface area contributed by atoms with E-state index >= 15 is 0 Å².